The summed E-state index contributed by atoms with van der Waals surface area (Å²) in [5, 5.41) is 0. The fraction of sp³-hybridized carbons (Fsp3) is 0.143. The van der Waals surface area contributed by atoms with E-state index in [1.807, 2.05) is 0 Å². The summed E-state index contributed by atoms with van der Waals surface area (Å²) in [4.78, 5) is 0. The summed E-state index contributed by atoms with van der Waals surface area (Å²) in [7, 11) is 7.46. The summed E-state index contributed by atoms with van der Waals surface area (Å²) in [5.41, 5.74) is 3.80. The molecule has 0 unspecified atom stereocenters. The van der Waals surface area contributed by atoms with Crippen LogP contribution in [-0.2, 0) is 0 Å². The molecule has 0 spiro atoms. The van der Waals surface area contributed by atoms with E-state index in [0.717, 1.165) is 0 Å². The Hall–Kier alpha value is -1.51. The van der Waals surface area contributed by atoms with Gasteiger partial charge in [-0.1, -0.05) is 0 Å². The van der Waals surface area contributed by atoms with Gasteiger partial charge in [0.25, 0.3) is 0 Å². The summed E-state index contributed by atoms with van der Waals surface area (Å²) in [6.45, 7) is 6.35. The maximum atomic E-state index is 7.46. The maximum absolute atomic E-state index is 7.46. The zero-order valence-corrected chi connectivity index (χ0v) is 16.7. The summed E-state index contributed by atoms with van der Waals surface area (Å²) in [5.74, 6) is 0. The Morgan fingerprint density at radius 1 is 0.478 bits per heavy atom. The summed E-state index contributed by atoms with van der Waals surface area (Å²) in [6.07, 6.45) is 0. The average molecular weight is 381 g/mol. The Morgan fingerprint density at radius 3 is 0.913 bits per heavy atom. The van der Waals surface area contributed by atoms with E-state index in [2.05, 4.69) is 93.6 Å². The molecule has 0 aliphatic rings. The van der Waals surface area contributed by atoms with Crippen molar-refractivity contribution in [3.63, 3.8) is 0 Å². The van der Waals surface area contributed by atoms with Crippen LogP contribution in [0.15, 0.2) is 72.8 Å². The third-order valence-corrected chi connectivity index (χ3v) is 14.9. The first-order valence-corrected chi connectivity index (χ1v) is 13.8. The van der Waals surface area contributed by atoms with Crippen LogP contribution in [0.2, 0.25) is 0 Å². The van der Waals surface area contributed by atoms with Crippen molar-refractivity contribution >= 4 is 35.5 Å². The van der Waals surface area contributed by atoms with Crippen molar-refractivity contribution in [3.05, 3.63) is 89.5 Å². The standard InChI is InChI=1S/C21H21ClGe/c1-16-4-10-19(11-5-16)23(22,20-12-6-17(2)7-13-20)21-14-8-18(3)9-15-21/h4-15H,1-3H3. The second-order valence-electron chi connectivity index (χ2n) is 6.26. The first-order valence-electron chi connectivity index (χ1n) is 7.90. The van der Waals surface area contributed by atoms with Crippen LogP contribution in [0.25, 0.3) is 0 Å². The van der Waals surface area contributed by atoms with Crippen molar-refractivity contribution in [1.82, 2.24) is 0 Å². The predicted octanol–water partition coefficient (Wildman–Crippen LogP) is 3.82. The van der Waals surface area contributed by atoms with Crippen LogP contribution in [0.5, 0.6) is 0 Å². The Balaban J connectivity index is 2.21. The molecule has 3 rings (SSSR count). The van der Waals surface area contributed by atoms with E-state index in [1.54, 1.807) is 0 Å². The van der Waals surface area contributed by atoms with Crippen molar-refractivity contribution in [2.75, 3.05) is 0 Å². The van der Waals surface area contributed by atoms with Gasteiger partial charge in [0.1, 0.15) is 0 Å². The number of aryl methyl sites for hydroxylation is 3. The van der Waals surface area contributed by atoms with Gasteiger partial charge in [-0.25, -0.2) is 0 Å². The molecule has 23 heavy (non-hydrogen) atoms. The zero-order valence-electron chi connectivity index (χ0n) is 13.8. The molecule has 0 aliphatic heterocycles. The monoisotopic (exact) mass is 382 g/mol. The number of benzene rings is 3. The van der Waals surface area contributed by atoms with Crippen molar-refractivity contribution in [2.45, 2.75) is 20.8 Å². The van der Waals surface area contributed by atoms with Gasteiger partial charge >= 0.3 is 146 Å². The molecule has 0 fully saturated rings. The fourth-order valence-electron chi connectivity index (χ4n) is 2.85. The van der Waals surface area contributed by atoms with Gasteiger partial charge in [-0.3, -0.25) is 0 Å². The van der Waals surface area contributed by atoms with Crippen LogP contribution in [0.3, 0.4) is 0 Å². The fourth-order valence-corrected chi connectivity index (χ4v) is 10.9. The van der Waals surface area contributed by atoms with Crippen LogP contribution in [0.4, 0.5) is 0 Å². The number of hydrogen-bond donors (Lipinski definition) is 0. The first kappa shape index (κ1) is 16.4. The molecular formula is C21H21ClGe. The molecule has 0 bridgehead atoms. The second-order valence-corrected chi connectivity index (χ2v) is 15.6. The van der Waals surface area contributed by atoms with Gasteiger partial charge in [-0.2, -0.15) is 0 Å². The van der Waals surface area contributed by atoms with Crippen LogP contribution in [0.1, 0.15) is 16.7 Å². The molecule has 0 nitrogen and oxygen atoms in total. The molecule has 0 saturated carbocycles. The van der Waals surface area contributed by atoms with Gasteiger partial charge in [0, 0.05) is 0 Å². The Bertz CT molecular complexity index is 676. The van der Waals surface area contributed by atoms with E-state index < -0.39 is 12.3 Å². The van der Waals surface area contributed by atoms with Crippen LogP contribution in [0, 0.1) is 20.8 Å². The number of hydrogen-bond acceptors (Lipinski definition) is 0. The predicted molar refractivity (Wildman–Crippen MR) is 104 cm³/mol. The van der Waals surface area contributed by atoms with Gasteiger partial charge < -0.3 is 0 Å². The van der Waals surface area contributed by atoms with Gasteiger partial charge in [0.2, 0.25) is 0 Å². The average Bonchev–Trinajstić information content (AvgIpc) is 2.56. The molecule has 0 atom stereocenters. The summed E-state index contributed by atoms with van der Waals surface area (Å²) < 4.78 is 3.85. The van der Waals surface area contributed by atoms with Crippen LogP contribution < -0.4 is 13.2 Å². The van der Waals surface area contributed by atoms with E-state index in [-0.39, 0.29) is 0 Å². The van der Waals surface area contributed by atoms with E-state index in [4.69, 9.17) is 10.0 Å². The van der Waals surface area contributed by atoms with Crippen molar-refractivity contribution in [1.29, 1.82) is 0 Å². The third-order valence-electron chi connectivity index (χ3n) is 4.35. The van der Waals surface area contributed by atoms with Crippen molar-refractivity contribution < 1.29 is 0 Å². The molecule has 0 radical (unpaired) electrons. The zero-order chi connectivity index (χ0) is 16.4. The molecule has 116 valence electrons. The molecule has 0 amide bonds. The molecule has 0 heterocycles. The molecule has 0 N–H and O–H groups in total. The summed E-state index contributed by atoms with van der Waals surface area (Å²) >= 11 is -3.11. The molecule has 0 aliphatic carbocycles. The minimum atomic E-state index is -3.11. The van der Waals surface area contributed by atoms with E-state index in [1.165, 1.54) is 29.9 Å². The van der Waals surface area contributed by atoms with Crippen molar-refractivity contribution in [3.8, 4) is 0 Å². The van der Waals surface area contributed by atoms with E-state index in [0.29, 0.717) is 0 Å². The molecular weight excluding hydrogens is 360 g/mol. The van der Waals surface area contributed by atoms with E-state index >= 15 is 0 Å². The Kier molecular flexibility index (Phi) is 4.65. The molecule has 0 saturated heterocycles. The SMILES string of the molecule is Cc1cc[c]([Ge]([Cl])([c]2ccc(C)cc2)[c]2ccc(C)cc2)cc1. The number of rotatable bonds is 3. The van der Waals surface area contributed by atoms with E-state index in [9.17, 15) is 0 Å². The Morgan fingerprint density at radius 2 is 0.696 bits per heavy atom. The molecule has 3 aromatic rings. The molecule has 3 aromatic carbocycles. The van der Waals surface area contributed by atoms with Gasteiger partial charge in [0.05, 0.1) is 0 Å². The van der Waals surface area contributed by atoms with Gasteiger partial charge in [-0.15, -0.1) is 0 Å². The minimum absolute atomic E-state index is 1.27. The normalized spacial score (nSPS) is 11.5. The van der Waals surface area contributed by atoms with Crippen LogP contribution >= 0.6 is 10.0 Å². The van der Waals surface area contributed by atoms with Crippen LogP contribution in [-0.4, -0.2) is 12.3 Å². The van der Waals surface area contributed by atoms with Crippen molar-refractivity contribution in [2.24, 2.45) is 0 Å². The van der Waals surface area contributed by atoms with Gasteiger partial charge in [-0.05, 0) is 0 Å². The quantitative estimate of drug-likeness (QED) is 0.605. The first-order chi connectivity index (χ1) is 11.0. The number of halogens is 1. The molecule has 0 aromatic heterocycles. The third kappa shape index (κ3) is 3.24. The second kappa shape index (κ2) is 6.54. The Labute approximate surface area is 145 Å². The molecule has 2 heteroatoms. The van der Waals surface area contributed by atoms with Gasteiger partial charge in [0.15, 0.2) is 0 Å². The topological polar surface area (TPSA) is 0 Å². The summed E-state index contributed by atoms with van der Waals surface area (Å²) in [6, 6.07) is 26.3.